The quantitative estimate of drug-likeness (QED) is 0.576. The minimum absolute atomic E-state index is 0.0341. The predicted molar refractivity (Wildman–Crippen MR) is 117 cm³/mol. The molecule has 0 aliphatic carbocycles. The van der Waals surface area contributed by atoms with Gasteiger partial charge in [-0.15, -0.1) is 0 Å². The molecular weight excluding hydrogens is 400 g/mol. The molecule has 0 atom stereocenters. The van der Waals surface area contributed by atoms with Crippen LogP contribution in [0.4, 0.5) is 5.69 Å². The van der Waals surface area contributed by atoms with Gasteiger partial charge in [-0.2, -0.15) is 0 Å². The number of benzene rings is 3. The molecule has 3 aromatic carbocycles. The van der Waals surface area contributed by atoms with E-state index in [9.17, 15) is 13.2 Å². The van der Waals surface area contributed by atoms with Crippen molar-refractivity contribution >= 4 is 21.6 Å². The highest BCUT2D eigenvalue weighted by Gasteiger charge is 2.16. The van der Waals surface area contributed by atoms with E-state index in [1.165, 1.54) is 12.1 Å². The molecule has 156 valence electrons. The number of carbonyl (C=O) groups excluding carboxylic acids is 1. The molecule has 30 heavy (non-hydrogen) atoms. The molecule has 3 rings (SSSR count). The molecule has 2 N–H and O–H groups in total. The van der Waals surface area contributed by atoms with E-state index in [1.807, 2.05) is 37.3 Å². The van der Waals surface area contributed by atoms with Crippen molar-refractivity contribution in [3.63, 3.8) is 0 Å². The lowest BCUT2D eigenvalue weighted by molar-refractivity contribution is 0.0954. The Balaban J connectivity index is 1.64. The fourth-order valence-electron chi connectivity index (χ4n) is 2.94. The Bertz CT molecular complexity index is 1130. The smallest absolute Gasteiger partial charge is 0.261 e. The molecule has 0 aliphatic heterocycles. The lowest BCUT2D eigenvalue weighted by Gasteiger charge is -2.10. The molecule has 7 heteroatoms. The highest BCUT2D eigenvalue weighted by atomic mass is 32.2. The van der Waals surface area contributed by atoms with E-state index in [0.29, 0.717) is 18.7 Å². The first kappa shape index (κ1) is 21.4. The normalized spacial score (nSPS) is 11.0. The second kappa shape index (κ2) is 9.45. The van der Waals surface area contributed by atoms with Gasteiger partial charge in [0.25, 0.3) is 15.9 Å². The summed E-state index contributed by atoms with van der Waals surface area (Å²) in [6.07, 6.45) is 0.655. The molecule has 0 spiro atoms. The van der Waals surface area contributed by atoms with Crippen LogP contribution in [0.5, 0.6) is 5.75 Å². The Morgan fingerprint density at radius 2 is 1.70 bits per heavy atom. The Morgan fingerprint density at radius 3 is 2.40 bits per heavy atom. The highest BCUT2D eigenvalue weighted by molar-refractivity contribution is 7.92. The van der Waals surface area contributed by atoms with Crippen LogP contribution in [-0.2, 0) is 16.4 Å². The van der Waals surface area contributed by atoms with Gasteiger partial charge >= 0.3 is 0 Å². The van der Waals surface area contributed by atoms with Crippen molar-refractivity contribution in [3.05, 3.63) is 89.5 Å². The summed E-state index contributed by atoms with van der Waals surface area (Å²) in [4.78, 5) is 12.5. The third-order valence-corrected chi connectivity index (χ3v) is 5.91. The van der Waals surface area contributed by atoms with Gasteiger partial charge in [0.2, 0.25) is 0 Å². The summed E-state index contributed by atoms with van der Waals surface area (Å²) in [6, 6.07) is 20.7. The molecule has 6 nitrogen and oxygen atoms in total. The molecule has 0 aromatic heterocycles. The Hall–Kier alpha value is -3.32. The predicted octanol–water partition coefficient (Wildman–Crippen LogP) is 3.78. The fraction of sp³-hybridized carbons (Fsp3) is 0.174. The van der Waals surface area contributed by atoms with Crippen LogP contribution >= 0.6 is 0 Å². The number of hydrogen-bond donors (Lipinski definition) is 2. The first-order valence-corrected chi connectivity index (χ1v) is 11.0. The summed E-state index contributed by atoms with van der Waals surface area (Å²) >= 11 is 0. The van der Waals surface area contributed by atoms with E-state index in [1.54, 1.807) is 37.4 Å². The zero-order valence-corrected chi connectivity index (χ0v) is 17.7. The minimum atomic E-state index is -3.80. The fourth-order valence-corrected chi connectivity index (χ4v) is 4.04. The largest absolute Gasteiger partial charge is 0.497 e. The second-order valence-electron chi connectivity index (χ2n) is 6.86. The van der Waals surface area contributed by atoms with Gasteiger partial charge in [0, 0.05) is 17.8 Å². The van der Waals surface area contributed by atoms with Gasteiger partial charge in [-0.05, 0) is 66.9 Å². The average Bonchev–Trinajstić information content (AvgIpc) is 2.74. The first-order valence-electron chi connectivity index (χ1n) is 9.48. The molecule has 0 fully saturated rings. The molecule has 0 radical (unpaired) electrons. The number of amides is 1. The number of anilines is 1. The summed E-state index contributed by atoms with van der Waals surface area (Å²) < 4.78 is 33.0. The van der Waals surface area contributed by atoms with Crippen molar-refractivity contribution < 1.29 is 17.9 Å². The number of sulfonamides is 1. The topological polar surface area (TPSA) is 84.5 Å². The number of carbonyl (C=O) groups is 1. The molecule has 0 saturated heterocycles. The van der Waals surface area contributed by atoms with Gasteiger partial charge in [-0.1, -0.05) is 30.3 Å². The van der Waals surface area contributed by atoms with Crippen molar-refractivity contribution in [2.24, 2.45) is 0 Å². The maximum atomic E-state index is 12.7. The van der Waals surface area contributed by atoms with Crippen molar-refractivity contribution in [1.82, 2.24) is 5.32 Å². The van der Waals surface area contributed by atoms with Gasteiger partial charge in [0.1, 0.15) is 5.75 Å². The Labute approximate surface area is 177 Å². The lowest BCUT2D eigenvalue weighted by atomic mass is 10.1. The summed E-state index contributed by atoms with van der Waals surface area (Å²) in [5.74, 6) is 0.455. The summed E-state index contributed by atoms with van der Waals surface area (Å²) in [7, 11) is -2.19. The monoisotopic (exact) mass is 424 g/mol. The van der Waals surface area contributed by atoms with Crippen LogP contribution in [0.15, 0.2) is 77.7 Å². The molecular formula is C23H24N2O4S. The maximum Gasteiger partial charge on any atom is 0.261 e. The van der Waals surface area contributed by atoms with Crippen LogP contribution in [0.25, 0.3) is 0 Å². The highest BCUT2D eigenvalue weighted by Crippen LogP contribution is 2.18. The van der Waals surface area contributed by atoms with Gasteiger partial charge in [0.05, 0.1) is 12.0 Å². The van der Waals surface area contributed by atoms with E-state index >= 15 is 0 Å². The van der Waals surface area contributed by atoms with Crippen LogP contribution in [0.2, 0.25) is 0 Å². The van der Waals surface area contributed by atoms with Gasteiger partial charge in [-0.3, -0.25) is 9.52 Å². The zero-order chi connectivity index (χ0) is 21.6. The summed E-state index contributed by atoms with van der Waals surface area (Å²) in [5, 5.41) is 2.83. The van der Waals surface area contributed by atoms with Crippen molar-refractivity contribution in [1.29, 1.82) is 0 Å². The third kappa shape index (κ3) is 5.61. The molecule has 1 amide bonds. The van der Waals surface area contributed by atoms with E-state index < -0.39 is 10.0 Å². The maximum absolute atomic E-state index is 12.7. The average molecular weight is 425 g/mol. The van der Waals surface area contributed by atoms with Crippen LogP contribution in [0, 0.1) is 6.92 Å². The molecule has 0 bridgehead atoms. The van der Waals surface area contributed by atoms with E-state index in [-0.39, 0.29) is 16.4 Å². The number of nitrogens with one attached hydrogen (secondary N) is 2. The molecule has 0 saturated carbocycles. The SMILES string of the molecule is COc1ccc(CCNC(=O)c2cccc(S(=O)(=O)Nc3cccc(C)c3)c2)cc1. The van der Waals surface area contributed by atoms with E-state index in [4.69, 9.17) is 4.74 Å². The lowest BCUT2D eigenvalue weighted by Crippen LogP contribution is -2.26. The number of hydrogen-bond acceptors (Lipinski definition) is 4. The standard InChI is InChI=1S/C23H24N2O4S/c1-17-5-3-7-20(15-17)25-30(27,28)22-8-4-6-19(16-22)23(26)24-14-13-18-9-11-21(29-2)12-10-18/h3-12,15-16,25H,13-14H2,1-2H3,(H,24,26). The minimum Gasteiger partial charge on any atom is -0.497 e. The van der Waals surface area contributed by atoms with Crippen LogP contribution in [0.1, 0.15) is 21.5 Å². The number of methoxy groups -OCH3 is 1. The Morgan fingerprint density at radius 1 is 0.967 bits per heavy atom. The number of aryl methyl sites for hydroxylation is 1. The van der Waals surface area contributed by atoms with Crippen molar-refractivity contribution in [3.8, 4) is 5.75 Å². The van der Waals surface area contributed by atoms with Crippen molar-refractivity contribution in [2.45, 2.75) is 18.2 Å². The van der Waals surface area contributed by atoms with Gasteiger partial charge in [-0.25, -0.2) is 8.42 Å². The summed E-state index contributed by atoms with van der Waals surface area (Å²) in [6.45, 7) is 2.32. The van der Waals surface area contributed by atoms with E-state index in [0.717, 1.165) is 16.9 Å². The molecule has 0 aliphatic rings. The third-order valence-electron chi connectivity index (χ3n) is 4.54. The van der Waals surface area contributed by atoms with Crippen LogP contribution < -0.4 is 14.8 Å². The number of ether oxygens (including phenoxy) is 1. The molecule has 0 unspecified atom stereocenters. The van der Waals surface area contributed by atoms with Crippen LogP contribution in [0.3, 0.4) is 0 Å². The van der Waals surface area contributed by atoms with Crippen LogP contribution in [-0.4, -0.2) is 28.0 Å². The van der Waals surface area contributed by atoms with Crippen molar-refractivity contribution in [2.75, 3.05) is 18.4 Å². The second-order valence-corrected chi connectivity index (χ2v) is 8.54. The summed E-state index contributed by atoms with van der Waals surface area (Å²) in [5.41, 5.74) is 2.77. The zero-order valence-electron chi connectivity index (χ0n) is 16.9. The molecule has 0 heterocycles. The van der Waals surface area contributed by atoms with Gasteiger partial charge in [0.15, 0.2) is 0 Å². The first-order chi connectivity index (χ1) is 14.4. The van der Waals surface area contributed by atoms with Gasteiger partial charge < -0.3 is 10.1 Å². The van der Waals surface area contributed by atoms with E-state index in [2.05, 4.69) is 10.0 Å². The number of rotatable bonds is 8. The molecule has 3 aromatic rings. The Kier molecular flexibility index (Phi) is 6.74.